The number of allylic oxidation sites excluding steroid dienone is 1. The summed E-state index contributed by atoms with van der Waals surface area (Å²) in [5.41, 5.74) is 5.41. The Hall–Kier alpha value is -3.33. The number of anilines is 1. The zero-order chi connectivity index (χ0) is 22.8. The second-order valence-electron chi connectivity index (χ2n) is 10.0. The third kappa shape index (κ3) is 3.14. The fourth-order valence-electron chi connectivity index (χ4n) is 6.17. The summed E-state index contributed by atoms with van der Waals surface area (Å²) in [5.74, 6) is 1.39. The summed E-state index contributed by atoms with van der Waals surface area (Å²) in [5, 5.41) is 16.3. The number of aryl methyl sites for hydroxylation is 1. The Morgan fingerprint density at radius 1 is 1.18 bits per heavy atom. The lowest BCUT2D eigenvalue weighted by molar-refractivity contribution is 0.0980. The molecule has 2 N–H and O–H groups in total. The van der Waals surface area contributed by atoms with E-state index >= 15 is 0 Å². The third-order valence-corrected chi connectivity index (χ3v) is 7.82. The lowest BCUT2D eigenvalue weighted by Gasteiger charge is -2.31. The minimum absolute atomic E-state index is 0.0897. The standard InChI is InChI=1S/C25H28N8O/c1-32-9-7-20(31-32)19-5-2-14(12-27-19)18-13-28-33-24(18)30-23(22-21(34)6-8-26-25(22)33)15-10-16-3-4-17(11-15)29-16/h5,7,9,12-17,26,29H,2-4,6,8,10-11H2,1H3. The van der Waals surface area contributed by atoms with Crippen LogP contribution in [-0.2, 0) is 7.05 Å². The van der Waals surface area contributed by atoms with Crippen molar-refractivity contribution in [3.63, 3.8) is 0 Å². The van der Waals surface area contributed by atoms with E-state index in [1.165, 1.54) is 12.8 Å². The first-order chi connectivity index (χ1) is 16.6. The first-order valence-corrected chi connectivity index (χ1v) is 12.3. The summed E-state index contributed by atoms with van der Waals surface area (Å²) < 4.78 is 3.63. The van der Waals surface area contributed by atoms with Gasteiger partial charge in [-0.05, 0) is 38.2 Å². The number of aliphatic imine (C=N–C) groups is 1. The number of fused-ring (bicyclic) bond motifs is 5. The molecule has 7 rings (SSSR count). The SMILES string of the molecule is Cn1ccc(C2=CCC(c3cnn4c5c(c(C6CC7CCC(C6)N7)nc34)C(=O)CCN5)C=N2)n1. The maximum Gasteiger partial charge on any atom is 0.170 e. The van der Waals surface area contributed by atoms with Crippen LogP contribution in [0.25, 0.3) is 11.3 Å². The van der Waals surface area contributed by atoms with Crippen LogP contribution in [0.1, 0.15) is 77.7 Å². The molecular formula is C25H28N8O. The third-order valence-electron chi connectivity index (χ3n) is 7.82. The highest BCUT2D eigenvalue weighted by atomic mass is 16.1. The number of hydrogen-bond donors (Lipinski definition) is 2. The van der Waals surface area contributed by atoms with E-state index in [2.05, 4.69) is 26.9 Å². The highest BCUT2D eigenvalue weighted by Gasteiger charge is 2.38. The Bertz CT molecular complexity index is 1350. The van der Waals surface area contributed by atoms with Gasteiger partial charge in [-0.1, -0.05) is 6.08 Å². The van der Waals surface area contributed by atoms with Crippen LogP contribution in [0.15, 0.2) is 29.5 Å². The number of ketones is 1. The van der Waals surface area contributed by atoms with Gasteiger partial charge in [0.2, 0.25) is 0 Å². The predicted octanol–water partition coefficient (Wildman–Crippen LogP) is 3.06. The molecule has 0 amide bonds. The first kappa shape index (κ1) is 20.1. The average Bonchev–Trinajstić information content (AvgIpc) is 3.57. The minimum Gasteiger partial charge on any atom is -0.369 e. The van der Waals surface area contributed by atoms with Gasteiger partial charge in [0, 0.05) is 61.9 Å². The Kier molecular flexibility index (Phi) is 4.48. The van der Waals surface area contributed by atoms with Gasteiger partial charge in [-0.15, -0.1) is 0 Å². The van der Waals surface area contributed by atoms with Gasteiger partial charge in [0.1, 0.15) is 11.5 Å². The van der Waals surface area contributed by atoms with Crippen LogP contribution in [0.3, 0.4) is 0 Å². The molecule has 3 unspecified atom stereocenters. The highest BCUT2D eigenvalue weighted by molar-refractivity contribution is 6.04. The molecule has 9 heteroatoms. The largest absolute Gasteiger partial charge is 0.369 e. The summed E-state index contributed by atoms with van der Waals surface area (Å²) in [6.07, 6.45) is 13.8. The molecule has 3 aromatic rings. The van der Waals surface area contributed by atoms with Gasteiger partial charge in [0.05, 0.1) is 23.2 Å². The van der Waals surface area contributed by atoms with E-state index in [0.29, 0.717) is 31.0 Å². The number of nitrogens with zero attached hydrogens (tertiary/aromatic N) is 6. The van der Waals surface area contributed by atoms with Crippen LogP contribution in [0.4, 0.5) is 5.82 Å². The fraction of sp³-hybridized carbons (Fsp3) is 0.480. The molecule has 2 fully saturated rings. The van der Waals surface area contributed by atoms with Gasteiger partial charge < -0.3 is 10.6 Å². The maximum atomic E-state index is 13.1. The summed E-state index contributed by atoms with van der Waals surface area (Å²) in [4.78, 5) is 23.0. The van der Waals surface area contributed by atoms with Gasteiger partial charge in [-0.2, -0.15) is 14.7 Å². The summed E-state index contributed by atoms with van der Waals surface area (Å²) in [7, 11) is 1.91. The maximum absolute atomic E-state index is 13.1. The quantitative estimate of drug-likeness (QED) is 0.628. The number of carbonyl (C=O) groups excluding carboxylic acids is 1. The Morgan fingerprint density at radius 2 is 2.03 bits per heavy atom. The number of Topliss-reactive ketones (excluding diaryl/α,β-unsaturated/α-hetero) is 1. The smallest absolute Gasteiger partial charge is 0.170 e. The number of rotatable bonds is 3. The van der Waals surface area contributed by atoms with Crippen LogP contribution in [0.5, 0.6) is 0 Å². The number of carbonyl (C=O) groups is 1. The van der Waals surface area contributed by atoms with E-state index in [4.69, 9.17) is 9.98 Å². The van der Waals surface area contributed by atoms with Gasteiger partial charge in [-0.3, -0.25) is 14.5 Å². The average molecular weight is 457 g/mol. The molecular weight excluding hydrogens is 428 g/mol. The van der Waals surface area contributed by atoms with Crippen molar-refractivity contribution in [3.05, 3.63) is 47.1 Å². The number of piperidine rings is 1. The monoisotopic (exact) mass is 456 g/mol. The van der Waals surface area contributed by atoms with Crippen molar-refractivity contribution in [2.24, 2.45) is 12.0 Å². The zero-order valence-electron chi connectivity index (χ0n) is 19.2. The van der Waals surface area contributed by atoms with E-state index in [9.17, 15) is 4.79 Å². The van der Waals surface area contributed by atoms with E-state index in [1.807, 2.05) is 36.2 Å². The molecule has 0 aliphatic carbocycles. The van der Waals surface area contributed by atoms with Gasteiger partial charge in [0.15, 0.2) is 11.4 Å². The Morgan fingerprint density at radius 3 is 2.76 bits per heavy atom. The molecule has 3 aromatic heterocycles. The summed E-state index contributed by atoms with van der Waals surface area (Å²) in [6.45, 7) is 0.637. The van der Waals surface area contributed by atoms with E-state index in [0.717, 1.165) is 58.9 Å². The van der Waals surface area contributed by atoms with Crippen molar-refractivity contribution in [2.45, 2.75) is 62.4 Å². The molecule has 3 atom stereocenters. The molecule has 2 bridgehead atoms. The molecule has 4 aliphatic rings. The summed E-state index contributed by atoms with van der Waals surface area (Å²) in [6, 6.07) is 3.05. The van der Waals surface area contributed by atoms with Crippen LogP contribution < -0.4 is 10.6 Å². The minimum atomic E-state index is 0.0897. The van der Waals surface area contributed by atoms with Crippen molar-refractivity contribution in [2.75, 3.05) is 11.9 Å². The second-order valence-corrected chi connectivity index (χ2v) is 10.0. The van der Waals surface area contributed by atoms with Crippen molar-refractivity contribution in [1.29, 1.82) is 0 Å². The zero-order valence-corrected chi connectivity index (χ0v) is 19.2. The Balaban J connectivity index is 1.29. The lowest BCUT2D eigenvalue weighted by Crippen LogP contribution is -2.38. The summed E-state index contributed by atoms with van der Waals surface area (Å²) >= 11 is 0. The predicted molar refractivity (Wildman–Crippen MR) is 129 cm³/mol. The van der Waals surface area contributed by atoms with Crippen molar-refractivity contribution in [1.82, 2.24) is 29.7 Å². The van der Waals surface area contributed by atoms with Crippen molar-refractivity contribution >= 4 is 29.2 Å². The molecule has 4 aliphatic heterocycles. The van der Waals surface area contributed by atoms with E-state index in [1.54, 1.807) is 4.68 Å². The molecule has 0 saturated carbocycles. The van der Waals surface area contributed by atoms with E-state index < -0.39 is 0 Å². The molecule has 0 radical (unpaired) electrons. The van der Waals surface area contributed by atoms with E-state index in [-0.39, 0.29) is 11.7 Å². The molecule has 34 heavy (non-hydrogen) atoms. The lowest BCUT2D eigenvalue weighted by atomic mass is 9.85. The highest BCUT2D eigenvalue weighted by Crippen LogP contribution is 2.41. The fourth-order valence-corrected chi connectivity index (χ4v) is 6.17. The molecule has 7 heterocycles. The van der Waals surface area contributed by atoms with Crippen molar-refractivity contribution in [3.8, 4) is 0 Å². The molecule has 174 valence electrons. The number of hydrogen-bond acceptors (Lipinski definition) is 7. The molecule has 0 spiro atoms. The van der Waals surface area contributed by atoms with Crippen LogP contribution in [0, 0.1) is 0 Å². The van der Waals surface area contributed by atoms with Gasteiger partial charge >= 0.3 is 0 Å². The molecule has 0 aromatic carbocycles. The van der Waals surface area contributed by atoms with Crippen LogP contribution in [-0.4, -0.2) is 55.0 Å². The van der Waals surface area contributed by atoms with Gasteiger partial charge in [-0.25, -0.2) is 4.98 Å². The molecule has 9 nitrogen and oxygen atoms in total. The number of nitrogens with one attached hydrogen (secondary N) is 2. The van der Waals surface area contributed by atoms with Crippen molar-refractivity contribution < 1.29 is 4.79 Å². The normalized spacial score (nSPS) is 28.1. The Labute approximate surface area is 197 Å². The second kappa shape index (κ2) is 7.59. The topological polar surface area (TPSA) is 102 Å². The number of aromatic nitrogens is 5. The van der Waals surface area contributed by atoms with Crippen LogP contribution in [0.2, 0.25) is 0 Å². The van der Waals surface area contributed by atoms with Gasteiger partial charge in [0.25, 0.3) is 0 Å². The van der Waals surface area contributed by atoms with Crippen LogP contribution >= 0.6 is 0 Å². The first-order valence-electron chi connectivity index (χ1n) is 12.3. The molecule has 2 saturated heterocycles.